The van der Waals surface area contributed by atoms with Crippen molar-refractivity contribution in [2.24, 2.45) is 17.6 Å². The van der Waals surface area contributed by atoms with E-state index in [4.69, 9.17) is 10.5 Å². The average Bonchev–Trinajstić information content (AvgIpc) is 3.53. The van der Waals surface area contributed by atoms with Crippen molar-refractivity contribution in [2.75, 3.05) is 40.8 Å². The second-order valence-electron chi connectivity index (χ2n) is 12.3. The Morgan fingerprint density at radius 1 is 1.07 bits per heavy atom. The number of benzene rings is 2. The Morgan fingerprint density at radius 3 is 2.31 bits per heavy atom. The van der Waals surface area contributed by atoms with Gasteiger partial charge in [-0.3, -0.25) is 19.3 Å². The lowest BCUT2D eigenvalue weighted by Crippen LogP contribution is -2.65. The number of ketones is 2. The molecule has 6 N–H and O–H groups in total. The Labute approximate surface area is 262 Å². The maximum Gasteiger partial charge on any atom is 0.255 e. The molecule has 2 fully saturated rings. The Kier molecular flexibility index (Phi) is 8.81. The zero-order chi connectivity index (χ0) is 32.8. The Hall–Kier alpha value is -4.19. The van der Waals surface area contributed by atoms with E-state index in [0.29, 0.717) is 22.4 Å². The first kappa shape index (κ1) is 32.2. The Balaban J connectivity index is 0.000000505. The van der Waals surface area contributed by atoms with Crippen LogP contribution in [0.5, 0.6) is 11.5 Å². The van der Waals surface area contributed by atoms with Gasteiger partial charge in [0.1, 0.15) is 28.6 Å². The number of ether oxygens (including phenoxy) is 1. The number of phenolic OH excluding ortho intramolecular Hbond substituents is 1. The number of amides is 1. The molecule has 240 valence electrons. The van der Waals surface area contributed by atoms with Crippen LogP contribution in [0.3, 0.4) is 0 Å². The number of primary amides is 1. The predicted octanol–water partition coefficient (Wildman–Crippen LogP) is 2.74. The number of aromatic hydroxyl groups is 1. The molecule has 0 aromatic heterocycles. The molecule has 45 heavy (non-hydrogen) atoms. The largest absolute Gasteiger partial charge is 0.508 e. The van der Waals surface area contributed by atoms with Gasteiger partial charge in [0.2, 0.25) is 5.78 Å². The number of nitrogens with zero attached hydrogens (tertiary/aromatic N) is 2. The van der Waals surface area contributed by atoms with E-state index in [1.807, 2.05) is 18.2 Å². The molecule has 2 aromatic carbocycles. The van der Waals surface area contributed by atoms with E-state index < -0.39 is 58.0 Å². The van der Waals surface area contributed by atoms with Gasteiger partial charge in [-0.1, -0.05) is 31.2 Å². The van der Waals surface area contributed by atoms with Crippen molar-refractivity contribution < 1.29 is 39.5 Å². The molecule has 4 aliphatic rings. The summed E-state index contributed by atoms with van der Waals surface area (Å²) in [7, 11) is 4.65. The van der Waals surface area contributed by atoms with Gasteiger partial charge in [-0.25, -0.2) is 0 Å². The van der Waals surface area contributed by atoms with Crippen molar-refractivity contribution in [3.63, 3.8) is 0 Å². The van der Waals surface area contributed by atoms with Crippen LogP contribution in [0.15, 0.2) is 53.3 Å². The van der Waals surface area contributed by atoms with Crippen molar-refractivity contribution in [1.29, 1.82) is 0 Å². The second kappa shape index (κ2) is 12.3. The highest BCUT2D eigenvalue weighted by Crippen LogP contribution is 2.54. The zero-order valence-electron chi connectivity index (χ0n) is 26.0. The van der Waals surface area contributed by atoms with Crippen LogP contribution in [0.1, 0.15) is 37.3 Å². The highest BCUT2D eigenvalue weighted by molar-refractivity contribution is 6.24. The summed E-state index contributed by atoms with van der Waals surface area (Å²) in [6, 6.07) is 9.22. The molecule has 11 nitrogen and oxygen atoms in total. The molecular weight excluding hydrogens is 578 g/mol. The molecule has 4 atom stereocenters. The number of Topliss-reactive ketones (excluding diaryl/α,β-unsaturated/α-hetero) is 2. The average molecular weight is 620 g/mol. The van der Waals surface area contributed by atoms with Gasteiger partial charge in [0.25, 0.3) is 5.91 Å². The minimum absolute atomic E-state index is 0.0206. The van der Waals surface area contributed by atoms with Crippen LogP contribution in [-0.2, 0) is 20.8 Å². The van der Waals surface area contributed by atoms with Crippen molar-refractivity contribution in [2.45, 2.75) is 44.2 Å². The van der Waals surface area contributed by atoms with Crippen LogP contribution in [0, 0.1) is 11.8 Å². The van der Waals surface area contributed by atoms with Gasteiger partial charge in [0.05, 0.1) is 18.7 Å². The van der Waals surface area contributed by atoms with Crippen molar-refractivity contribution in [1.82, 2.24) is 9.80 Å². The summed E-state index contributed by atoms with van der Waals surface area (Å²) in [6.07, 6.45) is 3.06. The summed E-state index contributed by atoms with van der Waals surface area (Å²) < 4.78 is 5.51. The summed E-state index contributed by atoms with van der Waals surface area (Å²) in [5.41, 5.74) is 3.65. The van der Waals surface area contributed by atoms with Gasteiger partial charge >= 0.3 is 0 Å². The van der Waals surface area contributed by atoms with E-state index in [1.54, 1.807) is 26.2 Å². The number of aliphatic hydroxyl groups excluding tert-OH is 2. The molecule has 1 saturated carbocycles. The van der Waals surface area contributed by atoms with Gasteiger partial charge in [-0.2, -0.15) is 0 Å². The van der Waals surface area contributed by atoms with E-state index in [2.05, 4.69) is 11.8 Å². The van der Waals surface area contributed by atoms with Gasteiger partial charge in [0, 0.05) is 17.1 Å². The number of likely N-dealkylation sites (tertiary alicyclic amines) is 1. The summed E-state index contributed by atoms with van der Waals surface area (Å²) in [6.45, 7) is 6.16. The zero-order valence-corrected chi connectivity index (χ0v) is 26.0. The Morgan fingerprint density at radius 2 is 1.73 bits per heavy atom. The molecular formula is C34H41N3O8. The number of nitrogens with two attached hydrogens (primary N) is 1. The lowest BCUT2D eigenvalue weighted by atomic mass is 9.57. The fraction of sp³-hybridized carbons (Fsp3) is 0.441. The molecule has 2 aromatic rings. The molecule has 6 rings (SSSR count). The normalized spacial score (nSPS) is 26.2. The monoisotopic (exact) mass is 619 g/mol. The quantitative estimate of drug-likeness (QED) is 0.313. The van der Waals surface area contributed by atoms with Gasteiger partial charge in [-0.05, 0) is 88.6 Å². The van der Waals surface area contributed by atoms with Gasteiger partial charge in [0.15, 0.2) is 11.4 Å². The topological polar surface area (TPSA) is 174 Å². The number of fused-ring (bicyclic) bond motifs is 3. The molecule has 1 saturated heterocycles. The number of likely N-dealkylation sites (N-methyl/N-ethyl adjacent to an activating group) is 1. The highest BCUT2D eigenvalue weighted by atomic mass is 16.5. The minimum Gasteiger partial charge on any atom is -0.508 e. The lowest BCUT2D eigenvalue weighted by molar-refractivity contribution is -0.153. The maximum absolute atomic E-state index is 13.9. The molecule has 1 amide bonds. The van der Waals surface area contributed by atoms with E-state index in [9.17, 15) is 34.8 Å². The molecule has 1 unspecified atom stereocenters. The first-order valence-electron chi connectivity index (χ1n) is 15.2. The number of para-hydroxylation sites is 1. The maximum atomic E-state index is 13.9. The smallest absolute Gasteiger partial charge is 0.255 e. The summed E-state index contributed by atoms with van der Waals surface area (Å²) in [5, 5.41) is 44.7. The summed E-state index contributed by atoms with van der Waals surface area (Å²) in [4.78, 5) is 43.2. The van der Waals surface area contributed by atoms with Gasteiger partial charge in [-0.15, -0.1) is 0 Å². The fourth-order valence-corrected chi connectivity index (χ4v) is 7.46. The summed E-state index contributed by atoms with van der Waals surface area (Å²) in [5.74, 6) is -6.23. The third-order valence-corrected chi connectivity index (χ3v) is 9.65. The van der Waals surface area contributed by atoms with Crippen LogP contribution in [0.25, 0.3) is 16.9 Å². The highest BCUT2D eigenvalue weighted by Gasteiger charge is 2.64. The van der Waals surface area contributed by atoms with Crippen LogP contribution in [-0.4, -0.2) is 100 Å². The second-order valence-corrected chi connectivity index (χ2v) is 12.3. The first-order chi connectivity index (χ1) is 21.4. The number of hydrogen-bond donors (Lipinski definition) is 5. The number of carbonyl (C=O) groups excluding carboxylic acids is 3. The molecule has 3 aliphatic carbocycles. The molecule has 1 heterocycles. The fourth-order valence-electron chi connectivity index (χ4n) is 7.46. The van der Waals surface area contributed by atoms with Crippen LogP contribution >= 0.6 is 0 Å². The first-order valence-corrected chi connectivity index (χ1v) is 15.2. The molecule has 0 bridgehead atoms. The number of hydrogen-bond acceptors (Lipinski definition) is 10. The van der Waals surface area contributed by atoms with Crippen molar-refractivity contribution >= 4 is 23.2 Å². The summed E-state index contributed by atoms with van der Waals surface area (Å²) >= 11 is 0. The third-order valence-electron chi connectivity index (χ3n) is 9.65. The standard InChI is InChI=1S/C28H28N2O8.C6H13N/c1-30(2)22-16-11-12-10-15-13(14-6-4-5-7-18(14)38-3)8-9-17(31)20(15)23(32)19(12)25(34)28(16,37)26(35)21(24(22)33)27(29)36;1-2-7-5-3-4-6-7/h4-9,12,16,22,31-32,35,37H,10-11H2,1-3H3,(H2,29,36);2-6H2,1H3/t12-,16-,22?,28-;/m0./s1. The lowest BCUT2D eigenvalue weighted by Gasteiger charge is -2.50. The number of methoxy groups -OCH3 is 1. The van der Waals surface area contributed by atoms with E-state index >= 15 is 0 Å². The van der Waals surface area contributed by atoms with Crippen molar-refractivity contribution in [3.8, 4) is 22.6 Å². The molecule has 0 radical (unpaired) electrons. The number of phenols is 1. The number of aliphatic hydroxyl groups is 3. The van der Waals surface area contributed by atoms with Gasteiger partial charge < -0.3 is 35.8 Å². The number of carbonyl (C=O) groups is 3. The SMILES string of the molecule is CCN1CCCC1.COc1ccccc1-c1ccc(O)c2c1C[C@H]1C[C@H]3C(N(C)C)C(=O)C(C(N)=O)=C(O)[C@@]3(O)C(=O)C1=C2O. The van der Waals surface area contributed by atoms with E-state index in [-0.39, 0.29) is 29.7 Å². The van der Waals surface area contributed by atoms with Crippen LogP contribution in [0.2, 0.25) is 0 Å². The molecule has 1 aliphatic heterocycles. The van der Waals surface area contributed by atoms with E-state index in [1.165, 1.54) is 50.6 Å². The van der Waals surface area contributed by atoms with Crippen LogP contribution < -0.4 is 10.5 Å². The van der Waals surface area contributed by atoms with Crippen molar-refractivity contribution in [3.05, 3.63) is 64.4 Å². The molecule has 11 heteroatoms. The van der Waals surface area contributed by atoms with E-state index in [0.717, 1.165) is 0 Å². The minimum atomic E-state index is -2.67. The Bertz CT molecular complexity index is 1610. The molecule has 0 spiro atoms. The third kappa shape index (κ3) is 5.18. The number of rotatable bonds is 5. The van der Waals surface area contributed by atoms with Crippen LogP contribution in [0.4, 0.5) is 0 Å². The predicted molar refractivity (Wildman–Crippen MR) is 168 cm³/mol.